The molecule has 1 aromatic carbocycles. The topological polar surface area (TPSA) is 58.2 Å². The molecule has 96 valence electrons. The first-order chi connectivity index (χ1) is 7.94. The molecule has 0 saturated heterocycles. The van der Waals surface area contributed by atoms with Gasteiger partial charge in [0.05, 0.1) is 6.26 Å². The fraction of sp³-hybridized carbons (Fsp3) is 0.500. The van der Waals surface area contributed by atoms with Crippen LogP contribution in [0.1, 0.15) is 26.7 Å². The Kier molecular flexibility index (Phi) is 4.81. The molecule has 0 aliphatic carbocycles. The zero-order chi connectivity index (χ0) is 12.9. The van der Waals surface area contributed by atoms with Crippen LogP contribution in [0, 0.1) is 0 Å². The van der Waals surface area contributed by atoms with E-state index in [4.69, 9.17) is 0 Å². The van der Waals surface area contributed by atoms with Crippen molar-refractivity contribution in [1.29, 1.82) is 0 Å². The fourth-order valence-electron chi connectivity index (χ4n) is 1.58. The molecule has 0 spiro atoms. The van der Waals surface area contributed by atoms with Crippen molar-refractivity contribution in [2.45, 2.75) is 32.7 Å². The zero-order valence-electron chi connectivity index (χ0n) is 10.5. The van der Waals surface area contributed by atoms with Crippen LogP contribution in [0.2, 0.25) is 0 Å². The van der Waals surface area contributed by atoms with Crippen LogP contribution in [0.5, 0.6) is 0 Å². The zero-order valence-corrected chi connectivity index (χ0v) is 11.3. The number of hydrogen-bond acceptors (Lipinski definition) is 3. The second-order valence-electron chi connectivity index (χ2n) is 4.11. The summed E-state index contributed by atoms with van der Waals surface area (Å²) in [5, 5.41) is 3.39. The van der Waals surface area contributed by atoms with Crippen LogP contribution in [0.25, 0.3) is 0 Å². The summed E-state index contributed by atoms with van der Waals surface area (Å²) in [7, 11) is -3.19. The van der Waals surface area contributed by atoms with Gasteiger partial charge in [0.15, 0.2) is 0 Å². The quantitative estimate of drug-likeness (QED) is 0.822. The van der Waals surface area contributed by atoms with Crippen molar-refractivity contribution >= 4 is 21.4 Å². The molecule has 4 nitrogen and oxygen atoms in total. The molecule has 0 bridgehead atoms. The first kappa shape index (κ1) is 13.8. The molecule has 0 heterocycles. The van der Waals surface area contributed by atoms with Gasteiger partial charge in [-0.1, -0.05) is 13.8 Å². The molecule has 0 aliphatic heterocycles. The Labute approximate surface area is 103 Å². The predicted octanol–water partition coefficient (Wildman–Crippen LogP) is 2.66. The summed E-state index contributed by atoms with van der Waals surface area (Å²) >= 11 is 0. The van der Waals surface area contributed by atoms with Crippen molar-refractivity contribution < 1.29 is 8.42 Å². The third-order valence-electron chi connectivity index (χ3n) is 2.54. The Balaban J connectivity index is 2.68. The lowest BCUT2D eigenvalue weighted by molar-refractivity contribution is 0.607. The SMILES string of the molecule is CCC(CC)Nc1ccc(NS(C)(=O)=O)cc1. The van der Waals surface area contributed by atoms with E-state index in [2.05, 4.69) is 23.9 Å². The van der Waals surface area contributed by atoms with Gasteiger partial charge in [-0.05, 0) is 37.1 Å². The van der Waals surface area contributed by atoms with Crippen molar-refractivity contribution in [2.75, 3.05) is 16.3 Å². The highest BCUT2D eigenvalue weighted by Crippen LogP contribution is 2.16. The van der Waals surface area contributed by atoms with E-state index in [-0.39, 0.29) is 0 Å². The summed E-state index contributed by atoms with van der Waals surface area (Å²) in [6, 6.07) is 7.73. The third kappa shape index (κ3) is 5.08. The molecule has 17 heavy (non-hydrogen) atoms. The molecule has 1 rings (SSSR count). The molecule has 0 amide bonds. The fourth-order valence-corrected chi connectivity index (χ4v) is 2.14. The molecule has 0 saturated carbocycles. The molecular formula is C12H20N2O2S. The van der Waals surface area contributed by atoms with Gasteiger partial charge in [0.2, 0.25) is 10.0 Å². The first-order valence-corrected chi connectivity index (χ1v) is 7.68. The lowest BCUT2D eigenvalue weighted by Crippen LogP contribution is -2.16. The van der Waals surface area contributed by atoms with Gasteiger partial charge in [0.25, 0.3) is 0 Å². The van der Waals surface area contributed by atoms with Crippen molar-refractivity contribution in [2.24, 2.45) is 0 Å². The Bertz CT molecular complexity index is 436. The van der Waals surface area contributed by atoms with Gasteiger partial charge in [0, 0.05) is 17.4 Å². The molecule has 0 aromatic heterocycles. The van der Waals surface area contributed by atoms with Gasteiger partial charge >= 0.3 is 0 Å². The summed E-state index contributed by atoms with van der Waals surface area (Å²) in [4.78, 5) is 0. The normalized spacial score (nSPS) is 11.5. The second-order valence-corrected chi connectivity index (χ2v) is 5.86. The molecule has 2 N–H and O–H groups in total. The Morgan fingerprint density at radius 3 is 1.94 bits per heavy atom. The summed E-state index contributed by atoms with van der Waals surface area (Å²) in [6.45, 7) is 4.28. The number of rotatable bonds is 6. The maximum absolute atomic E-state index is 11.0. The van der Waals surface area contributed by atoms with E-state index in [1.165, 1.54) is 0 Å². The number of benzene rings is 1. The van der Waals surface area contributed by atoms with Crippen molar-refractivity contribution in [3.05, 3.63) is 24.3 Å². The lowest BCUT2D eigenvalue weighted by atomic mass is 10.1. The molecule has 1 aromatic rings. The average Bonchev–Trinajstić information content (AvgIpc) is 2.26. The van der Waals surface area contributed by atoms with Gasteiger partial charge in [0.1, 0.15) is 0 Å². The highest BCUT2D eigenvalue weighted by Gasteiger charge is 2.04. The number of anilines is 2. The van der Waals surface area contributed by atoms with Crippen LogP contribution in [-0.2, 0) is 10.0 Å². The Morgan fingerprint density at radius 2 is 1.53 bits per heavy atom. The van der Waals surface area contributed by atoms with E-state index >= 15 is 0 Å². The molecule has 0 fully saturated rings. The van der Waals surface area contributed by atoms with Crippen LogP contribution in [0.4, 0.5) is 11.4 Å². The molecule has 0 unspecified atom stereocenters. The minimum Gasteiger partial charge on any atom is -0.382 e. The predicted molar refractivity (Wildman–Crippen MR) is 72.9 cm³/mol. The van der Waals surface area contributed by atoms with E-state index in [1.54, 1.807) is 12.1 Å². The second kappa shape index (κ2) is 5.91. The molecule has 5 heteroatoms. The number of nitrogens with one attached hydrogen (secondary N) is 2. The standard InChI is InChI=1S/C12H20N2O2S/c1-4-10(5-2)13-11-6-8-12(9-7-11)14-17(3,15)16/h6-10,13-14H,4-5H2,1-3H3. The van der Waals surface area contributed by atoms with Crippen LogP contribution in [0.15, 0.2) is 24.3 Å². The summed E-state index contributed by atoms with van der Waals surface area (Å²) in [5.74, 6) is 0. The van der Waals surface area contributed by atoms with E-state index in [0.717, 1.165) is 24.8 Å². The van der Waals surface area contributed by atoms with Gasteiger partial charge < -0.3 is 5.32 Å². The first-order valence-electron chi connectivity index (χ1n) is 5.79. The maximum atomic E-state index is 11.0. The third-order valence-corrected chi connectivity index (χ3v) is 3.15. The van der Waals surface area contributed by atoms with Crippen LogP contribution in [0.3, 0.4) is 0 Å². The highest BCUT2D eigenvalue weighted by atomic mass is 32.2. The molecule has 0 atom stereocenters. The van der Waals surface area contributed by atoms with Crippen LogP contribution >= 0.6 is 0 Å². The number of sulfonamides is 1. The van der Waals surface area contributed by atoms with Gasteiger partial charge in [-0.2, -0.15) is 0 Å². The Morgan fingerprint density at radius 1 is 1.06 bits per heavy atom. The molecular weight excluding hydrogens is 236 g/mol. The van der Waals surface area contributed by atoms with Crippen molar-refractivity contribution in [1.82, 2.24) is 0 Å². The summed E-state index contributed by atoms with van der Waals surface area (Å²) < 4.78 is 24.5. The van der Waals surface area contributed by atoms with E-state index in [9.17, 15) is 8.42 Å². The van der Waals surface area contributed by atoms with E-state index in [0.29, 0.717) is 11.7 Å². The van der Waals surface area contributed by atoms with Crippen molar-refractivity contribution in [3.63, 3.8) is 0 Å². The van der Waals surface area contributed by atoms with E-state index in [1.807, 2.05) is 12.1 Å². The van der Waals surface area contributed by atoms with E-state index < -0.39 is 10.0 Å². The van der Waals surface area contributed by atoms with Gasteiger partial charge in [-0.3, -0.25) is 4.72 Å². The smallest absolute Gasteiger partial charge is 0.229 e. The lowest BCUT2D eigenvalue weighted by Gasteiger charge is -2.16. The van der Waals surface area contributed by atoms with Gasteiger partial charge in [-0.15, -0.1) is 0 Å². The maximum Gasteiger partial charge on any atom is 0.229 e. The number of hydrogen-bond donors (Lipinski definition) is 2. The van der Waals surface area contributed by atoms with Crippen LogP contribution < -0.4 is 10.0 Å². The molecule has 0 aliphatic rings. The van der Waals surface area contributed by atoms with Crippen LogP contribution in [-0.4, -0.2) is 20.7 Å². The Hall–Kier alpha value is -1.23. The summed E-state index contributed by atoms with van der Waals surface area (Å²) in [6.07, 6.45) is 3.28. The monoisotopic (exact) mass is 256 g/mol. The minimum atomic E-state index is -3.19. The summed E-state index contributed by atoms with van der Waals surface area (Å²) in [5.41, 5.74) is 1.60. The molecule has 0 radical (unpaired) electrons. The van der Waals surface area contributed by atoms with Gasteiger partial charge in [-0.25, -0.2) is 8.42 Å². The largest absolute Gasteiger partial charge is 0.382 e. The highest BCUT2D eigenvalue weighted by molar-refractivity contribution is 7.92. The average molecular weight is 256 g/mol. The minimum absolute atomic E-state index is 0.462. The van der Waals surface area contributed by atoms with Crippen molar-refractivity contribution in [3.8, 4) is 0 Å².